The second kappa shape index (κ2) is 7.04. The van der Waals surface area contributed by atoms with E-state index in [1.165, 1.54) is 19.2 Å². The third-order valence-electron chi connectivity index (χ3n) is 2.95. The lowest BCUT2D eigenvalue weighted by Crippen LogP contribution is -2.34. The van der Waals surface area contributed by atoms with Gasteiger partial charge in [-0.3, -0.25) is 0 Å². The van der Waals surface area contributed by atoms with Gasteiger partial charge in [0.25, 0.3) is 0 Å². The average molecular weight is 384 g/mol. The van der Waals surface area contributed by atoms with Gasteiger partial charge in [0, 0.05) is 4.47 Å². The van der Waals surface area contributed by atoms with Crippen LogP contribution in [0.2, 0.25) is 0 Å². The molecular formula is C15H14BrNO4S. The SMILES string of the molecule is COC(=O)C(NS(=O)(=O)c1cccc(Br)c1)c1ccccc1. The van der Waals surface area contributed by atoms with Gasteiger partial charge in [-0.25, -0.2) is 13.2 Å². The molecule has 1 N–H and O–H groups in total. The van der Waals surface area contributed by atoms with E-state index in [1.807, 2.05) is 0 Å². The van der Waals surface area contributed by atoms with Crippen molar-refractivity contribution < 1.29 is 17.9 Å². The van der Waals surface area contributed by atoms with Crippen molar-refractivity contribution in [1.82, 2.24) is 4.72 Å². The van der Waals surface area contributed by atoms with Crippen molar-refractivity contribution in [3.8, 4) is 0 Å². The van der Waals surface area contributed by atoms with Gasteiger partial charge in [0.05, 0.1) is 12.0 Å². The molecule has 0 heterocycles. The molecule has 0 radical (unpaired) electrons. The van der Waals surface area contributed by atoms with Crippen LogP contribution in [0, 0.1) is 0 Å². The zero-order valence-corrected chi connectivity index (χ0v) is 14.1. The van der Waals surface area contributed by atoms with Crippen LogP contribution in [0.15, 0.2) is 64.0 Å². The summed E-state index contributed by atoms with van der Waals surface area (Å²) in [4.78, 5) is 12.0. The van der Waals surface area contributed by atoms with Gasteiger partial charge in [0.15, 0.2) is 0 Å². The predicted molar refractivity (Wildman–Crippen MR) is 85.7 cm³/mol. The summed E-state index contributed by atoms with van der Waals surface area (Å²) < 4.78 is 32.6. The number of rotatable bonds is 5. The van der Waals surface area contributed by atoms with Crippen molar-refractivity contribution in [2.75, 3.05) is 7.11 Å². The van der Waals surface area contributed by atoms with Crippen molar-refractivity contribution in [1.29, 1.82) is 0 Å². The molecule has 0 spiro atoms. The van der Waals surface area contributed by atoms with Crippen molar-refractivity contribution in [3.05, 3.63) is 64.6 Å². The van der Waals surface area contributed by atoms with Crippen LogP contribution in [0.5, 0.6) is 0 Å². The lowest BCUT2D eigenvalue weighted by molar-refractivity contribution is -0.142. The van der Waals surface area contributed by atoms with Gasteiger partial charge in [-0.05, 0) is 23.8 Å². The normalized spacial score (nSPS) is 12.6. The number of hydrogen-bond donors (Lipinski definition) is 1. The maximum Gasteiger partial charge on any atom is 0.328 e. The number of carbonyl (C=O) groups excluding carboxylic acids is 1. The third kappa shape index (κ3) is 3.94. The van der Waals surface area contributed by atoms with E-state index < -0.39 is 22.0 Å². The molecule has 22 heavy (non-hydrogen) atoms. The molecule has 1 atom stereocenters. The summed E-state index contributed by atoms with van der Waals surface area (Å²) in [6.45, 7) is 0. The number of methoxy groups -OCH3 is 1. The molecule has 1 unspecified atom stereocenters. The Morgan fingerprint density at radius 1 is 1.14 bits per heavy atom. The summed E-state index contributed by atoms with van der Waals surface area (Å²) in [6.07, 6.45) is 0. The van der Waals surface area contributed by atoms with Gasteiger partial charge in [-0.15, -0.1) is 0 Å². The number of nitrogens with one attached hydrogen (secondary N) is 1. The number of carbonyl (C=O) groups is 1. The molecule has 0 saturated carbocycles. The number of esters is 1. The van der Waals surface area contributed by atoms with E-state index in [1.54, 1.807) is 42.5 Å². The maximum atomic E-state index is 12.4. The quantitative estimate of drug-likeness (QED) is 0.805. The van der Waals surface area contributed by atoms with Gasteiger partial charge in [0.2, 0.25) is 10.0 Å². The Kier molecular flexibility index (Phi) is 5.33. The second-order valence-corrected chi connectivity index (χ2v) is 7.08. The highest BCUT2D eigenvalue weighted by atomic mass is 79.9. The first-order valence-electron chi connectivity index (χ1n) is 6.35. The Bertz CT molecular complexity index is 762. The molecule has 7 heteroatoms. The maximum absolute atomic E-state index is 12.4. The molecule has 0 amide bonds. The first-order chi connectivity index (χ1) is 10.4. The standard InChI is InChI=1S/C15H14BrNO4S/c1-21-15(18)14(11-6-3-2-4-7-11)17-22(19,20)13-9-5-8-12(16)10-13/h2-10,14,17H,1H3. The Labute approximate surface area is 137 Å². The molecule has 5 nitrogen and oxygen atoms in total. The van der Waals surface area contributed by atoms with Gasteiger partial charge in [-0.1, -0.05) is 52.3 Å². The minimum Gasteiger partial charge on any atom is -0.468 e. The van der Waals surface area contributed by atoms with Crippen molar-refractivity contribution in [2.24, 2.45) is 0 Å². The van der Waals surface area contributed by atoms with E-state index in [0.717, 1.165) is 0 Å². The Hall–Kier alpha value is -1.70. The fourth-order valence-electron chi connectivity index (χ4n) is 1.87. The lowest BCUT2D eigenvalue weighted by atomic mass is 10.1. The first-order valence-corrected chi connectivity index (χ1v) is 8.62. The summed E-state index contributed by atoms with van der Waals surface area (Å²) in [5.74, 6) is -0.676. The van der Waals surface area contributed by atoms with Crippen LogP contribution in [-0.4, -0.2) is 21.5 Å². The molecule has 2 rings (SSSR count). The number of hydrogen-bond acceptors (Lipinski definition) is 4. The fraction of sp³-hybridized carbons (Fsp3) is 0.133. The molecule has 0 aliphatic heterocycles. The molecule has 2 aromatic rings. The molecule has 0 aliphatic rings. The summed E-state index contributed by atoms with van der Waals surface area (Å²) >= 11 is 3.22. The fourth-order valence-corrected chi connectivity index (χ4v) is 3.64. The number of benzene rings is 2. The number of halogens is 1. The van der Waals surface area contributed by atoms with Crippen LogP contribution in [0.4, 0.5) is 0 Å². The molecule has 0 fully saturated rings. The lowest BCUT2D eigenvalue weighted by Gasteiger charge is -2.17. The minimum atomic E-state index is -3.87. The van der Waals surface area contributed by atoms with E-state index in [4.69, 9.17) is 4.74 Å². The zero-order valence-electron chi connectivity index (χ0n) is 11.7. The van der Waals surface area contributed by atoms with Gasteiger partial charge in [-0.2, -0.15) is 4.72 Å². The number of sulfonamides is 1. The largest absolute Gasteiger partial charge is 0.468 e. The van der Waals surface area contributed by atoms with Gasteiger partial charge < -0.3 is 4.74 Å². The Morgan fingerprint density at radius 3 is 2.41 bits per heavy atom. The van der Waals surface area contributed by atoms with E-state index in [0.29, 0.717) is 10.0 Å². The summed E-state index contributed by atoms with van der Waals surface area (Å²) in [6, 6.07) is 13.7. The van der Waals surface area contributed by atoms with Crippen LogP contribution < -0.4 is 4.72 Å². The van der Waals surface area contributed by atoms with Crippen LogP contribution in [0.25, 0.3) is 0 Å². The highest BCUT2D eigenvalue weighted by Crippen LogP contribution is 2.20. The highest BCUT2D eigenvalue weighted by Gasteiger charge is 2.27. The van der Waals surface area contributed by atoms with Gasteiger partial charge in [0.1, 0.15) is 6.04 Å². The molecule has 0 aromatic heterocycles. The Balaban J connectivity index is 2.37. The highest BCUT2D eigenvalue weighted by molar-refractivity contribution is 9.10. The predicted octanol–water partition coefficient (Wildman–Crippen LogP) is 2.64. The van der Waals surface area contributed by atoms with Crippen LogP contribution in [0.3, 0.4) is 0 Å². The smallest absolute Gasteiger partial charge is 0.328 e. The van der Waals surface area contributed by atoms with Crippen LogP contribution in [-0.2, 0) is 19.6 Å². The van der Waals surface area contributed by atoms with Crippen LogP contribution in [0.1, 0.15) is 11.6 Å². The zero-order chi connectivity index (χ0) is 16.2. The minimum absolute atomic E-state index is 0.0618. The van der Waals surface area contributed by atoms with E-state index in [-0.39, 0.29) is 4.90 Å². The second-order valence-electron chi connectivity index (χ2n) is 4.45. The summed E-state index contributed by atoms with van der Waals surface area (Å²) in [5.41, 5.74) is 0.507. The van der Waals surface area contributed by atoms with Crippen molar-refractivity contribution in [3.63, 3.8) is 0 Å². The molecule has 116 valence electrons. The summed E-state index contributed by atoms with van der Waals surface area (Å²) in [7, 11) is -2.65. The number of ether oxygens (including phenoxy) is 1. The molecule has 0 saturated heterocycles. The van der Waals surface area contributed by atoms with Crippen LogP contribution >= 0.6 is 15.9 Å². The molecule has 0 bridgehead atoms. The van der Waals surface area contributed by atoms with E-state index in [9.17, 15) is 13.2 Å². The summed E-state index contributed by atoms with van der Waals surface area (Å²) in [5, 5.41) is 0. The monoisotopic (exact) mass is 383 g/mol. The third-order valence-corrected chi connectivity index (χ3v) is 4.86. The Morgan fingerprint density at radius 2 is 1.82 bits per heavy atom. The average Bonchev–Trinajstić information content (AvgIpc) is 2.53. The van der Waals surface area contributed by atoms with E-state index in [2.05, 4.69) is 20.7 Å². The van der Waals surface area contributed by atoms with Crippen molar-refractivity contribution in [2.45, 2.75) is 10.9 Å². The topological polar surface area (TPSA) is 72.5 Å². The van der Waals surface area contributed by atoms with E-state index >= 15 is 0 Å². The molecule has 2 aromatic carbocycles. The van der Waals surface area contributed by atoms with Crippen molar-refractivity contribution >= 4 is 31.9 Å². The molecule has 0 aliphatic carbocycles. The van der Waals surface area contributed by atoms with Gasteiger partial charge >= 0.3 is 5.97 Å². The molecular weight excluding hydrogens is 370 g/mol. The first kappa shape index (κ1) is 16.7.